The van der Waals surface area contributed by atoms with E-state index in [1.807, 2.05) is 0 Å². The normalized spacial score (nSPS) is 13.4. The van der Waals surface area contributed by atoms with Crippen molar-refractivity contribution in [3.05, 3.63) is 70.8 Å². The highest BCUT2D eigenvalue weighted by Gasteiger charge is 2.45. The first-order chi connectivity index (χ1) is 14.9. The maximum Gasteiger partial charge on any atom is 0.417 e. The Morgan fingerprint density at radius 3 is 1.75 bits per heavy atom. The molecule has 0 heterocycles. The van der Waals surface area contributed by atoms with Gasteiger partial charge in [-0.25, -0.2) is 0 Å². The summed E-state index contributed by atoms with van der Waals surface area (Å²) >= 11 is 0. The quantitative estimate of drug-likeness (QED) is 0.161. The van der Waals surface area contributed by atoms with Crippen molar-refractivity contribution in [2.75, 3.05) is 0 Å². The van der Waals surface area contributed by atoms with Gasteiger partial charge in [-0.2, -0.15) is 26.3 Å². The smallest absolute Gasteiger partial charge is 0.417 e. The lowest BCUT2D eigenvalue weighted by molar-refractivity contribution is -0.150. The molecular formula is C21H20F6O4P+. The average molecular weight is 481 g/mol. The molecule has 0 spiro atoms. The molecule has 0 aliphatic carbocycles. The summed E-state index contributed by atoms with van der Waals surface area (Å²) < 4.78 is 94.1. The van der Waals surface area contributed by atoms with Crippen LogP contribution in [-0.2, 0) is 26.4 Å². The first-order valence-corrected chi connectivity index (χ1v) is 9.65. The number of carbonyl (C=O) groups excluding carboxylic acids is 2. The van der Waals surface area contributed by atoms with Gasteiger partial charge in [-0.1, -0.05) is 47.9 Å². The van der Waals surface area contributed by atoms with Crippen LogP contribution in [-0.4, -0.2) is 17.9 Å². The number of benzene rings is 2. The van der Waals surface area contributed by atoms with E-state index < -0.39 is 52.8 Å². The molecule has 11 heteroatoms. The van der Waals surface area contributed by atoms with Gasteiger partial charge in [0.05, 0.1) is 17.2 Å². The first-order valence-electron chi connectivity index (χ1n) is 9.18. The van der Waals surface area contributed by atoms with Crippen LogP contribution in [0.1, 0.15) is 53.2 Å². The van der Waals surface area contributed by atoms with Crippen molar-refractivity contribution in [3.63, 3.8) is 0 Å². The van der Waals surface area contributed by atoms with E-state index in [-0.39, 0.29) is 5.56 Å². The van der Waals surface area contributed by atoms with E-state index in [4.69, 9.17) is 9.30 Å². The summed E-state index contributed by atoms with van der Waals surface area (Å²) in [6.07, 6.45) is -10.8. The van der Waals surface area contributed by atoms with Gasteiger partial charge in [0.25, 0.3) is 0 Å². The third kappa shape index (κ3) is 6.63. The minimum absolute atomic E-state index is 0.0686. The van der Waals surface area contributed by atoms with Crippen LogP contribution in [0.4, 0.5) is 26.3 Å². The van der Waals surface area contributed by atoms with Gasteiger partial charge < -0.3 is 4.74 Å². The van der Waals surface area contributed by atoms with Gasteiger partial charge in [0.1, 0.15) is 5.92 Å². The Kier molecular flexibility index (Phi) is 9.57. The van der Waals surface area contributed by atoms with Gasteiger partial charge in [-0.3, -0.25) is 9.59 Å². The number of esters is 1. The molecule has 3 unspecified atom stereocenters. The highest BCUT2D eigenvalue weighted by molar-refractivity contribution is 7.00. The topological polar surface area (TPSA) is 60.4 Å². The maximum atomic E-state index is 13.5. The molecule has 174 valence electrons. The number of ether oxygens (including phenoxy) is 1. The van der Waals surface area contributed by atoms with Gasteiger partial charge in [0.15, 0.2) is 5.78 Å². The zero-order valence-electron chi connectivity index (χ0n) is 17.0. The van der Waals surface area contributed by atoms with Gasteiger partial charge in [-0.05, 0) is 31.0 Å². The van der Waals surface area contributed by atoms with Gasteiger partial charge in [-0.15, -0.1) is 0 Å². The SMILES string of the molecule is CCC(C)OC(=O)C(C(=O)c1c(C(F)(F)F)cccc1C(F)(F)F)c1ccccc1.O=[PH2+]. The number of halogens is 6. The van der Waals surface area contributed by atoms with E-state index in [9.17, 15) is 35.9 Å². The van der Waals surface area contributed by atoms with E-state index in [1.165, 1.54) is 46.4 Å². The molecule has 0 aliphatic heterocycles. The molecule has 2 rings (SSSR count). The summed E-state index contributed by atoms with van der Waals surface area (Å²) in [5, 5.41) is 0. The molecular weight excluding hydrogens is 461 g/mol. The monoisotopic (exact) mass is 481 g/mol. The van der Waals surface area contributed by atoms with E-state index in [2.05, 4.69) is 0 Å². The molecule has 3 atom stereocenters. The fraction of sp³-hybridized carbons (Fsp3) is 0.333. The second kappa shape index (κ2) is 11.2. The van der Waals surface area contributed by atoms with Crippen molar-refractivity contribution in [1.29, 1.82) is 0 Å². The molecule has 4 nitrogen and oxygen atoms in total. The van der Waals surface area contributed by atoms with Crippen LogP contribution in [0.2, 0.25) is 0 Å². The molecule has 0 radical (unpaired) electrons. The van der Waals surface area contributed by atoms with Crippen molar-refractivity contribution in [3.8, 4) is 0 Å². The Morgan fingerprint density at radius 2 is 1.34 bits per heavy atom. The molecule has 0 aromatic heterocycles. The molecule has 32 heavy (non-hydrogen) atoms. The number of rotatable bonds is 6. The number of hydrogen-bond donors (Lipinski definition) is 0. The van der Waals surface area contributed by atoms with Crippen molar-refractivity contribution >= 4 is 20.9 Å². The number of carbonyl (C=O) groups is 2. The number of alkyl halides is 6. The fourth-order valence-corrected chi connectivity index (χ4v) is 2.82. The van der Waals surface area contributed by atoms with Crippen molar-refractivity contribution in [2.24, 2.45) is 0 Å². The van der Waals surface area contributed by atoms with Gasteiger partial charge in [0.2, 0.25) is 0 Å². The summed E-state index contributed by atoms with van der Waals surface area (Å²) in [6.45, 7) is 3.16. The third-order valence-corrected chi connectivity index (χ3v) is 4.44. The van der Waals surface area contributed by atoms with E-state index in [0.717, 1.165) is 0 Å². The maximum absolute atomic E-state index is 13.5. The Morgan fingerprint density at radius 1 is 0.875 bits per heavy atom. The molecule has 0 fully saturated rings. The second-order valence-corrected chi connectivity index (χ2v) is 6.59. The number of ketones is 1. The molecule has 2 aromatic rings. The Hall–Kier alpha value is -2.74. The zero-order chi connectivity index (χ0) is 24.7. The first kappa shape index (κ1) is 27.3. The molecule has 0 aliphatic rings. The van der Waals surface area contributed by atoms with E-state index in [1.54, 1.807) is 6.92 Å². The predicted molar refractivity (Wildman–Crippen MR) is 106 cm³/mol. The highest BCUT2D eigenvalue weighted by atomic mass is 31.0. The lowest BCUT2D eigenvalue weighted by Crippen LogP contribution is -2.30. The Balaban J connectivity index is 0.00000249. The van der Waals surface area contributed by atoms with Gasteiger partial charge in [0, 0.05) is 5.56 Å². The Labute approximate surface area is 182 Å². The largest absolute Gasteiger partial charge is 0.462 e. The van der Waals surface area contributed by atoms with Crippen LogP contribution < -0.4 is 0 Å². The number of hydrogen-bond acceptors (Lipinski definition) is 4. The Bertz CT molecular complexity index is 896. The van der Waals surface area contributed by atoms with Crippen LogP contribution in [0.3, 0.4) is 0 Å². The summed E-state index contributed by atoms with van der Waals surface area (Å²) in [6, 6.07) is 8.20. The standard InChI is InChI=1S/C21H18F6O3.H2OP/c1-3-12(2)30-19(29)16(13-8-5-4-6-9-13)18(28)17-14(20(22,23)24)10-7-11-15(17)21(25,26)27;1-2/h4-12,16H,3H2,1-2H3;2H2/q;+1. The van der Waals surface area contributed by atoms with Crippen molar-refractivity contribution in [1.82, 2.24) is 0 Å². The molecule has 0 saturated heterocycles. The minimum Gasteiger partial charge on any atom is -0.462 e. The third-order valence-electron chi connectivity index (χ3n) is 4.44. The average Bonchev–Trinajstić information content (AvgIpc) is 2.74. The summed E-state index contributed by atoms with van der Waals surface area (Å²) in [5.41, 5.74) is -5.20. The number of Topliss-reactive ketones (excluding diaryl/α,β-unsaturated/α-hetero) is 1. The molecule has 0 bridgehead atoms. The minimum atomic E-state index is -5.24. The van der Waals surface area contributed by atoms with Crippen LogP contribution in [0, 0.1) is 0 Å². The summed E-state index contributed by atoms with van der Waals surface area (Å²) in [5.74, 6) is -4.83. The summed E-state index contributed by atoms with van der Waals surface area (Å²) in [4.78, 5) is 25.7. The van der Waals surface area contributed by atoms with Crippen molar-refractivity contribution < 1.29 is 45.2 Å². The van der Waals surface area contributed by atoms with Crippen LogP contribution in [0.5, 0.6) is 0 Å². The van der Waals surface area contributed by atoms with Crippen LogP contribution in [0.15, 0.2) is 48.5 Å². The highest BCUT2D eigenvalue weighted by Crippen LogP contribution is 2.41. The zero-order valence-corrected chi connectivity index (χ0v) is 18.1. The molecule has 0 N–H and O–H groups in total. The van der Waals surface area contributed by atoms with E-state index >= 15 is 0 Å². The van der Waals surface area contributed by atoms with E-state index in [0.29, 0.717) is 24.6 Å². The molecule has 0 amide bonds. The molecule has 0 saturated carbocycles. The predicted octanol–water partition coefficient (Wildman–Crippen LogP) is 6.24. The second-order valence-electron chi connectivity index (χ2n) is 6.59. The fourth-order valence-electron chi connectivity index (χ4n) is 2.82. The lowest BCUT2D eigenvalue weighted by Gasteiger charge is -2.22. The summed E-state index contributed by atoms with van der Waals surface area (Å²) in [7, 11) is 1.17. The lowest BCUT2D eigenvalue weighted by atomic mass is 9.85. The van der Waals surface area contributed by atoms with Crippen LogP contribution >= 0.6 is 9.12 Å². The van der Waals surface area contributed by atoms with Crippen molar-refractivity contribution in [2.45, 2.75) is 44.6 Å². The molecule has 2 aromatic carbocycles. The van der Waals surface area contributed by atoms with Gasteiger partial charge >= 0.3 is 27.4 Å². The van der Waals surface area contributed by atoms with Crippen LogP contribution in [0.25, 0.3) is 0 Å².